The molecule has 0 bridgehead atoms. The summed E-state index contributed by atoms with van der Waals surface area (Å²) in [5.74, 6) is -0.186. The van der Waals surface area contributed by atoms with E-state index in [1.54, 1.807) is 4.90 Å². The third kappa shape index (κ3) is 3.14. The molecule has 0 aromatic heterocycles. The van der Waals surface area contributed by atoms with Crippen LogP contribution in [0.3, 0.4) is 0 Å². The molecule has 11 heteroatoms. The molecule has 1 amide bonds. The second-order valence-electron chi connectivity index (χ2n) is 5.64. The Morgan fingerprint density at radius 2 is 2.32 bits per heavy atom. The van der Waals surface area contributed by atoms with E-state index in [0.29, 0.717) is 19.4 Å². The smallest absolute Gasteiger partial charge is 0.325 e. The maximum atomic E-state index is 11.8. The van der Waals surface area contributed by atoms with E-state index in [1.165, 1.54) is 6.34 Å². The van der Waals surface area contributed by atoms with Crippen LogP contribution in [-0.4, -0.2) is 64.1 Å². The van der Waals surface area contributed by atoms with Crippen LogP contribution in [0.15, 0.2) is 9.98 Å². The van der Waals surface area contributed by atoms with Crippen LogP contribution in [0, 0.1) is 5.92 Å². The Hall–Kier alpha value is -1.48. The van der Waals surface area contributed by atoms with Crippen LogP contribution < -0.4 is 11.1 Å². The molecular formula is C11H18N5O5P. The van der Waals surface area contributed by atoms with E-state index >= 15 is 0 Å². The number of amides is 1. The van der Waals surface area contributed by atoms with E-state index in [0.717, 1.165) is 0 Å². The van der Waals surface area contributed by atoms with Gasteiger partial charge >= 0.3 is 7.60 Å². The highest BCUT2D eigenvalue weighted by atomic mass is 31.2. The summed E-state index contributed by atoms with van der Waals surface area (Å²) in [7, 11) is -3.99. The number of hydrogen-bond donors (Lipinski definition) is 4. The van der Waals surface area contributed by atoms with Crippen molar-refractivity contribution in [3.63, 3.8) is 0 Å². The lowest BCUT2D eigenvalue weighted by atomic mass is 10.0. The number of aliphatic imine (C=N–C) groups is 2. The fourth-order valence-electron chi connectivity index (χ4n) is 2.85. The number of nitrogens with one attached hydrogen (secondary N) is 1. The van der Waals surface area contributed by atoms with Crippen molar-refractivity contribution in [3.05, 3.63) is 0 Å². The fraction of sp³-hybridized carbons (Fsp3) is 0.727. The van der Waals surface area contributed by atoms with E-state index in [-0.39, 0.29) is 30.2 Å². The second kappa shape index (κ2) is 5.62. The van der Waals surface area contributed by atoms with E-state index in [2.05, 4.69) is 15.3 Å². The molecule has 1 fully saturated rings. The summed E-state index contributed by atoms with van der Waals surface area (Å²) in [6.07, 6.45) is 1.55. The number of carbonyl (C=O) groups is 1. The van der Waals surface area contributed by atoms with E-state index in [9.17, 15) is 9.36 Å². The molecule has 4 atom stereocenters. The zero-order chi connectivity index (χ0) is 15.9. The highest BCUT2D eigenvalue weighted by Crippen LogP contribution is 2.38. The largest absolute Gasteiger partial charge is 0.370 e. The van der Waals surface area contributed by atoms with Crippen LogP contribution in [0.2, 0.25) is 0 Å². The second-order valence-corrected chi connectivity index (χ2v) is 7.42. The first-order valence-electron chi connectivity index (χ1n) is 6.94. The summed E-state index contributed by atoms with van der Waals surface area (Å²) in [5, 5.41) is 2.43. The molecule has 22 heavy (non-hydrogen) atoms. The molecule has 2 unspecified atom stereocenters. The highest BCUT2D eigenvalue weighted by Gasteiger charge is 2.44. The number of guanidine groups is 1. The molecule has 3 aliphatic rings. The molecule has 1 saturated heterocycles. The predicted octanol–water partition coefficient (Wildman–Crippen LogP) is -1.60. The zero-order valence-corrected chi connectivity index (χ0v) is 12.6. The SMILES string of the molecule is NC1=NC2C(N=CN2[C@H]2C[C@@H](CCP(=O)(O)O)CO2)C(=O)N1. The number of ether oxygens (including phenoxy) is 1. The molecule has 3 aliphatic heterocycles. The zero-order valence-electron chi connectivity index (χ0n) is 11.7. The summed E-state index contributed by atoms with van der Waals surface area (Å²) in [4.78, 5) is 39.7. The summed E-state index contributed by atoms with van der Waals surface area (Å²) in [6, 6.07) is -0.634. The number of nitrogens with two attached hydrogens (primary N) is 1. The van der Waals surface area contributed by atoms with Crippen LogP contribution >= 0.6 is 7.60 Å². The molecule has 0 saturated carbocycles. The van der Waals surface area contributed by atoms with Crippen LogP contribution in [0.25, 0.3) is 0 Å². The molecule has 10 nitrogen and oxygen atoms in total. The Kier molecular flexibility index (Phi) is 3.94. The molecule has 3 heterocycles. The maximum Gasteiger partial charge on any atom is 0.325 e. The third-order valence-corrected chi connectivity index (χ3v) is 4.80. The minimum atomic E-state index is -3.99. The van der Waals surface area contributed by atoms with Crippen molar-refractivity contribution < 1.29 is 23.9 Å². The first-order valence-corrected chi connectivity index (χ1v) is 8.74. The average molecular weight is 331 g/mol. The van der Waals surface area contributed by atoms with Gasteiger partial charge in [0.15, 0.2) is 18.2 Å². The lowest BCUT2D eigenvalue weighted by Gasteiger charge is -2.31. The van der Waals surface area contributed by atoms with Crippen LogP contribution in [0.5, 0.6) is 0 Å². The van der Waals surface area contributed by atoms with E-state index in [1.807, 2.05) is 0 Å². The lowest BCUT2D eigenvalue weighted by molar-refractivity contribution is -0.122. The Labute approximate surface area is 126 Å². The Morgan fingerprint density at radius 1 is 1.55 bits per heavy atom. The normalized spacial score (nSPS) is 34.5. The van der Waals surface area contributed by atoms with E-state index in [4.69, 9.17) is 20.3 Å². The summed E-state index contributed by atoms with van der Waals surface area (Å²) >= 11 is 0. The average Bonchev–Trinajstić information content (AvgIpc) is 3.01. The summed E-state index contributed by atoms with van der Waals surface area (Å²) < 4.78 is 16.6. The third-order valence-electron chi connectivity index (χ3n) is 3.96. The molecule has 0 radical (unpaired) electrons. The van der Waals surface area contributed by atoms with Crippen molar-refractivity contribution in [1.29, 1.82) is 0 Å². The van der Waals surface area contributed by atoms with Gasteiger partial charge in [0, 0.05) is 0 Å². The molecule has 5 N–H and O–H groups in total. The van der Waals surface area contributed by atoms with Gasteiger partial charge in [-0.2, -0.15) is 0 Å². The van der Waals surface area contributed by atoms with Crippen molar-refractivity contribution in [2.75, 3.05) is 12.8 Å². The first-order chi connectivity index (χ1) is 10.3. The first kappa shape index (κ1) is 15.4. The van der Waals surface area contributed by atoms with Crippen LogP contribution in [0.4, 0.5) is 0 Å². The van der Waals surface area contributed by atoms with Gasteiger partial charge in [0.2, 0.25) is 0 Å². The minimum absolute atomic E-state index is 0.0535. The van der Waals surface area contributed by atoms with Crippen LogP contribution in [-0.2, 0) is 14.1 Å². The number of rotatable bonds is 4. The summed E-state index contributed by atoms with van der Waals surface area (Å²) in [6.45, 7) is 0.414. The molecule has 0 aliphatic carbocycles. The number of fused-ring (bicyclic) bond motifs is 1. The molecule has 3 rings (SSSR count). The molecule has 0 aromatic rings. The highest BCUT2D eigenvalue weighted by molar-refractivity contribution is 7.51. The molecular weight excluding hydrogens is 313 g/mol. The topological polar surface area (TPSA) is 150 Å². The quantitative estimate of drug-likeness (QED) is 0.453. The standard InChI is InChI=1S/C11H18N5O5P/c12-11-14-9-8(10(17)15-11)13-5-16(9)7-3-6(4-21-7)1-2-22(18,19)20/h5-9H,1-4H2,(H2,18,19,20)(H3,12,14,15,17)/t6-,7-,8?,9?/m1/s1. The van der Waals surface area contributed by atoms with Crippen molar-refractivity contribution >= 4 is 25.8 Å². The Balaban J connectivity index is 1.62. The van der Waals surface area contributed by atoms with Gasteiger partial charge in [-0.3, -0.25) is 19.7 Å². The number of hydrogen-bond acceptors (Lipinski definition) is 7. The molecule has 122 valence electrons. The van der Waals surface area contributed by atoms with Gasteiger partial charge in [-0.05, 0) is 18.8 Å². The van der Waals surface area contributed by atoms with Gasteiger partial charge in [0.1, 0.15) is 6.23 Å². The fourth-order valence-corrected chi connectivity index (χ4v) is 3.55. The number of nitrogens with zero attached hydrogens (tertiary/aromatic N) is 3. The Morgan fingerprint density at radius 3 is 3.05 bits per heavy atom. The van der Waals surface area contributed by atoms with E-state index < -0.39 is 19.8 Å². The molecule has 0 aromatic carbocycles. The van der Waals surface area contributed by atoms with Gasteiger partial charge in [-0.1, -0.05) is 0 Å². The molecule has 0 spiro atoms. The summed E-state index contributed by atoms with van der Waals surface area (Å²) in [5.41, 5.74) is 5.57. The number of carbonyl (C=O) groups excluding carboxylic acids is 1. The van der Waals surface area contributed by atoms with Gasteiger partial charge < -0.3 is 25.2 Å². The predicted molar refractivity (Wildman–Crippen MR) is 77.0 cm³/mol. The van der Waals surface area contributed by atoms with Gasteiger partial charge in [-0.25, -0.2) is 4.99 Å². The maximum absolute atomic E-state index is 11.8. The van der Waals surface area contributed by atoms with Gasteiger partial charge in [0.25, 0.3) is 5.91 Å². The minimum Gasteiger partial charge on any atom is -0.370 e. The van der Waals surface area contributed by atoms with Crippen molar-refractivity contribution in [2.45, 2.75) is 31.3 Å². The van der Waals surface area contributed by atoms with Gasteiger partial charge in [0.05, 0.1) is 19.1 Å². The Bertz CT molecular complexity index is 575. The van der Waals surface area contributed by atoms with Crippen molar-refractivity contribution in [2.24, 2.45) is 21.6 Å². The monoisotopic (exact) mass is 331 g/mol. The lowest BCUT2D eigenvalue weighted by Crippen LogP contribution is -2.55. The van der Waals surface area contributed by atoms with Gasteiger partial charge in [-0.15, -0.1) is 0 Å². The van der Waals surface area contributed by atoms with Crippen LogP contribution in [0.1, 0.15) is 12.8 Å². The van der Waals surface area contributed by atoms with Crippen molar-refractivity contribution in [1.82, 2.24) is 10.2 Å². The van der Waals surface area contributed by atoms with Crippen molar-refractivity contribution in [3.8, 4) is 0 Å².